The van der Waals surface area contributed by atoms with E-state index >= 15 is 0 Å². The van der Waals surface area contributed by atoms with Crippen LogP contribution in [0.1, 0.15) is 26.7 Å². The van der Waals surface area contributed by atoms with Crippen molar-refractivity contribution < 1.29 is 14.6 Å². The quantitative estimate of drug-likeness (QED) is 0.661. The van der Waals surface area contributed by atoms with Gasteiger partial charge < -0.3 is 25.6 Å². The molecule has 0 amide bonds. The summed E-state index contributed by atoms with van der Waals surface area (Å²) in [5.41, 5.74) is 6.53. The minimum absolute atomic E-state index is 0.444. The first kappa shape index (κ1) is 15.4. The fourth-order valence-electron chi connectivity index (χ4n) is 1.81. The highest BCUT2D eigenvalue weighted by Crippen LogP contribution is 2.35. The number of ether oxygens (including phenoxy) is 2. The van der Waals surface area contributed by atoms with Crippen LogP contribution in [0, 0.1) is 0 Å². The number of nitrogens with one attached hydrogen (secondary N) is 1. The Balaban J connectivity index is 2.90. The standard InChI is InChI=1S/C14H24N2O3/c1-5-14(17,6-2)9-16-11-8-13(19-4)12(18-3)7-10(11)15/h7-8,16-17H,5-6,9,15H2,1-4H3. The third kappa shape index (κ3) is 3.67. The highest BCUT2D eigenvalue weighted by Gasteiger charge is 2.22. The zero-order chi connectivity index (χ0) is 14.5. The number of hydrogen-bond donors (Lipinski definition) is 3. The molecule has 5 nitrogen and oxygen atoms in total. The lowest BCUT2D eigenvalue weighted by molar-refractivity contribution is 0.0457. The van der Waals surface area contributed by atoms with Gasteiger partial charge in [0.15, 0.2) is 11.5 Å². The summed E-state index contributed by atoms with van der Waals surface area (Å²) in [6.45, 7) is 4.37. The number of methoxy groups -OCH3 is 2. The Bertz CT molecular complexity index is 417. The molecule has 0 aliphatic carbocycles. The van der Waals surface area contributed by atoms with E-state index in [-0.39, 0.29) is 0 Å². The first-order valence-electron chi connectivity index (χ1n) is 6.47. The predicted molar refractivity (Wildman–Crippen MR) is 78.0 cm³/mol. The number of nitrogens with two attached hydrogens (primary N) is 1. The molecular formula is C14H24N2O3. The first-order chi connectivity index (χ1) is 8.99. The summed E-state index contributed by atoms with van der Waals surface area (Å²) in [6.07, 6.45) is 1.37. The van der Waals surface area contributed by atoms with Crippen LogP contribution in [0.2, 0.25) is 0 Å². The summed E-state index contributed by atoms with van der Waals surface area (Å²) >= 11 is 0. The van der Waals surface area contributed by atoms with Gasteiger partial charge in [0.2, 0.25) is 0 Å². The molecule has 19 heavy (non-hydrogen) atoms. The third-order valence-corrected chi connectivity index (χ3v) is 3.48. The summed E-state index contributed by atoms with van der Waals surface area (Å²) in [4.78, 5) is 0. The first-order valence-corrected chi connectivity index (χ1v) is 6.47. The lowest BCUT2D eigenvalue weighted by Crippen LogP contribution is -2.35. The van der Waals surface area contributed by atoms with Crippen LogP contribution in [0.4, 0.5) is 11.4 Å². The van der Waals surface area contributed by atoms with Gasteiger partial charge in [-0.1, -0.05) is 13.8 Å². The molecule has 1 aromatic rings. The van der Waals surface area contributed by atoms with E-state index < -0.39 is 5.60 Å². The number of benzene rings is 1. The lowest BCUT2D eigenvalue weighted by Gasteiger charge is -2.26. The molecule has 1 aromatic carbocycles. The van der Waals surface area contributed by atoms with Gasteiger partial charge in [0.05, 0.1) is 31.2 Å². The van der Waals surface area contributed by atoms with Crippen LogP contribution in [0.3, 0.4) is 0 Å². The van der Waals surface area contributed by atoms with Crippen molar-refractivity contribution >= 4 is 11.4 Å². The van der Waals surface area contributed by atoms with Gasteiger partial charge in [0, 0.05) is 18.7 Å². The second kappa shape index (κ2) is 6.52. The molecule has 0 bridgehead atoms. The molecule has 0 spiro atoms. The van der Waals surface area contributed by atoms with Gasteiger partial charge in [0.1, 0.15) is 0 Å². The van der Waals surface area contributed by atoms with Crippen molar-refractivity contribution in [2.45, 2.75) is 32.3 Å². The monoisotopic (exact) mass is 268 g/mol. The maximum Gasteiger partial charge on any atom is 0.162 e. The van der Waals surface area contributed by atoms with E-state index in [1.807, 2.05) is 13.8 Å². The topological polar surface area (TPSA) is 76.7 Å². The molecule has 0 saturated heterocycles. The van der Waals surface area contributed by atoms with Crippen molar-refractivity contribution in [3.05, 3.63) is 12.1 Å². The van der Waals surface area contributed by atoms with E-state index in [2.05, 4.69) is 5.32 Å². The SMILES string of the molecule is CCC(O)(CC)CNc1cc(OC)c(OC)cc1N. The van der Waals surface area contributed by atoms with Crippen molar-refractivity contribution in [2.24, 2.45) is 0 Å². The molecule has 0 atom stereocenters. The molecule has 0 radical (unpaired) electrons. The van der Waals surface area contributed by atoms with Crippen LogP contribution in [-0.4, -0.2) is 31.5 Å². The average molecular weight is 268 g/mol. The molecule has 0 heterocycles. The molecule has 108 valence electrons. The van der Waals surface area contributed by atoms with Gasteiger partial charge in [0.25, 0.3) is 0 Å². The summed E-state index contributed by atoms with van der Waals surface area (Å²) < 4.78 is 10.4. The summed E-state index contributed by atoms with van der Waals surface area (Å²) in [7, 11) is 3.14. The van der Waals surface area contributed by atoms with Gasteiger partial charge in [-0.15, -0.1) is 0 Å². The summed E-state index contributed by atoms with van der Waals surface area (Å²) in [6, 6.07) is 3.48. The highest BCUT2D eigenvalue weighted by atomic mass is 16.5. The van der Waals surface area contributed by atoms with Crippen LogP contribution in [0.15, 0.2) is 12.1 Å². The third-order valence-electron chi connectivity index (χ3n) is 3.48. The van der Waals surface area contributed by atoms with E-state index in [0.717, 1.165) is 5.69 Å². The van der Waals surface area contributed by atoms with Gasteiger partial charge >= 0.3 is 0 Å². The molecule has 0 aliphatic heterocycles. The molecule has 1 rings (SSSR count). The maximum atomic E-state index is 10.2. The number of rotatable bonds is 7. The molecule has 0 saturated carbocycles. The fourth-order valence-corrected chi connectivity index (χ4v) is 1.81. The van der Waals surface area contributed by atoms with Crippen molar-refractivity contribution in [1.29, 1.82) is 0 Å². The van der Waals surface area contributed by atoms with Crippen molar-refractivity contribution in [3.8, 4) is 11.5 Å². The molecule has 0 unspecified atom stereocenters. The smallest absolute Gasteiger partial charge is 0.162 e. The maximum absolute atomic E-state index is 10.2. The second-order valence-corrected chi connectivity index (χ2v) is 4.58. The van der Waals surface area contributed by atoms with Crippen LogP contribution in [-0.2, 0) is 0 Å². The lowest BCUT2D eigenvalue weighted by atomic mass is 9.97. The van der Waals surface area contributed by atoms with Crippen molar-refractivity contribution in [2.75, 3.05) is 31.8 Å². The van der Waals surface area contributed by atoms with Crippen LogP contribution >= 0.6 is 0 Å². The molecular weight excluding hydrogens is 244 g/mol. The fraction of sp³-hybridized carbons (Fsp3) is 0.571. The Morgan fingerprint density at radius 1 is 1.16 bits per heavy atom. The molecule has 0 aromatic heterocycles. The van der Waals surface area contributed by atoms with Gasteiger partial charge in [-0.2, -0.15) is 0 Å². The number of nitrogen functional groups attached to an aromatic ring is 1. The zero-order valence-corrected chi connectivity index (χ0v) is 12.1. The molecule has 5 heteroatoms. The van der Waals surface area contributed by atoms with E-state index in [1.165, 1.54) is 0 Å². The predicted octanol–water partition coefficient (Wildman–Crippen LogP) is 2.25. The molecule has 0 aliphatic rings. The van der Waals surface area contributed by atoms with E-state index in [1.54, 1.807) is 26.4 Å². The Morgan fingerprint density at radius 3 is 2.16 bits per heavy atom. The number of aliphatic hydroxyl groups is 1. The van der Waals surface area contributed by atoms with E-state index in [4.69, 9.17) is 15.2 Å². The average Bonchev–Trinajstić information content (AvgIpc) is 2.45. The summed E-state index contributed by atoms with van der Waals surface area (Å²) in [5, 5.41) is 13.4. The van der Waals surface area contributed by atoms with E-state index in [9.17, 15) is 5.11 Å². The van der Waals surface area contributed by atoms with Gasteiger partial charge in [-0.25, -0.2) is 0 Å². The van der Waals surface area contributed by atoms with Crippen molar-refractivity contribution in [3.63, 3.8) is 0 Å². The molecule has 4 N–H and O–H groups in total. The Labute approximate surface area is 114 Å². The normalized spacial score (nSPS) is 11.2. The zero-order valence-electron chi connectivity index (χ0n) is 12.1. The largest absolute Gasteiger partial charge is 0.493 e. The van der Waals surface area contributed by atoms with Crippen LogP contribution < -0.4 is 20.5 Å². The minimum atomic E-state index is -0.723. The van der Waals surface area contributed by atoms with Crippen molar-refractivity contribution in [1.82, 2.24) is 0 Å². The van der Waals surface area contributed by atoms with Gasteiger partial charge in [-0.05, 0) is 12.8 Å². The molecule has 0 fully saturated rings. The van der Waals surface area contributed by atoms with Crippen LogP contribution in [0.5, 0.6) is 11.5 Å². The Morgan fingerprint density at radius 2 is 1.68 bits per heavy atom. The van der Waals surface area contributed by atoms with E-state index in [0.29, 0.717) is 36.6 Å². The Hall–Kier alpha value is -1.62. The summed E-state index contributed by atoms with van der Waals surface area (Å²) in [5.74, 6) is 1.20. The number of hydrogen-bond acceptors (Lipinski definition) is 5. The minimum Gasteiger partial charge on any atom is -0.493 e. The van der Waals surface area contributed by atoms with Gasteiger partial charge in [-0.3, -0.25) is 0 Å². The highest BCUT2D eigenvalue weighted by molar-refractivity contribution is 5.72. The number of anilines is 2. The Kier molecular flexibility index (Phi) is 5.30. The van der Waals surface area contributed by atoms with Crippen LogP contribution in [0.25, 0.3) is 0 Å². The second-order valence-electron chi connectivity index (χ2n) is 4.58.